The number of benzene rings is 1. The highest BCUT2D eigenvalue weighted by atomic mass is 79.9. The minimum atomic E-state index is -0.483. The lowest BCUT2D eigenvalue weighted by Gasteiger charge is -2.23. The lowest BCUT2D eigenvalue weighted by molar-refractivity contribution is 0.163. The molecule has 90 valence electrons. The van der Waals surface area contributed by atoms with Crippen molar-refractivity contribution in [1.82, 2.24) is 5.32 Å². The van der Waals surface area contributed by atoms with Crippen LogP contribution in [0.25, 0.3) is 0 Å². The Morgan fingerprint density at radius 2 is 1.88 bits per heavy atom. The Balaban J connectivity index is 2.66. The van der Waals surface area contributed by atoms with Gasteiger partial charge in [-0.3, -0.25) is 0 Å². The number of halogens is 2. The van der Waals surface area contributed by atoms with Crippen molar-refractivity contribution in [3.63, 3.8) is 0 Å². The van der Waals surface area contributed by atoms with E-state index in [0.717, 1.165) is 14.5 Å². The molecule has 0 radical (unpaired) electrons. The third kappa shape index (κ3) is 4.53. The molecule has 0 heterocycles. The van der Waals surface area contributed by atoms with Crippen molar-refractivity contribution in [2.24, 2.45) is 0 Å². The van der Waals surface area contributed by atoms with Gasteiger partial charge in [0.2, 0.25) is 0 Å². The van der Waals surface area contributed by atoms with Crippen molar-refractivity contribution in [2.75, 3.05) is 6.54 Å². The molecule has 0 aliphatic heterocycles. The molecule has 0 spiro atoms. The number of aliphatic hydroxyl groups excluding tert-OH is 1. The Kier molecular flexibility index (Phi) is 4.98. The molecule has 0 fully saturated rings. The molecule has 0 aliphatic carbocycles. The Morgan fingerprint density at radius 1 is 1.25 bits per heavy atom. The second kappa shape index (κ2) is 5.63. The predicted octanol–water partition coefficient (Wildman–Crippen LogP) is 3.63. The smallest absolute Gasteiger partial charge is 0.0914 e. The van der Waals surface area contributed by atoms with E-state index in [4.69, 9.17) is 0 Å². The Hall–Kier alpha value is 0.1000. The van der Waals surface area contributed by atoms with E-state index >= 15 is 0 Å². The molecule has 0 aromatic heterocycles. The van der Waals surface area contributed by atoms with Crippen molar-refractivity contribution in [1.29, 1.82) is 0 Å². The molecule has 1 atom stereocenters. The average Bonchev–Trinajstić information content (AvgIpc) is 2.17. The molecule has 1 rings (SSSR count). The first-order valence-corrected chi connectivity index (χ1v) is 6.76. The number of rotatable bonds is 3. The standard InChI is InChI=1S/C12H17Br2NO/c1-12(2,3)15-7-11(16)8-4-5-9(13)10(14)6-8/h4-6,11,15-16H,7H2,1-3H3. The van der Waals surface area contributed by atoms with Crippen LogP contribution in [0.2, 0.25) is 0 Å². The van der Waals surface area contributed by atoms with Crippen LogP contribution in [-0.4, -0.2) is 17.2 Å². The van der Waals surface area contributed by atoms with Gasteiger partial charge in [-0.1, -0.05) is 6.07 Å². The van der Waals surface area contributed by atoms with E-state index in [1.165, 1.54) is 0 Å². The topological polar surface area (TPSA) is 32.3 Å². The molecule has 0 saturated carbocycles. The summed E-state index contributed by atoms with van der Waals surface area (Å²) in [6.45, 7) is 6.79. The molecule has 1 unspecified atom stereocenters. The monoisotopic (exact) mass is 349 g/mol. The summed E-state index contributed by atoms with van der Waals surface area (Å²) in [5.74, 6) is 0. The van der Waals surface area contributed by atoms with Gasteiger partial charge in [0.05, 0.1) is 6.10 Å². The summed E-state index contributed by atoms with van der Waals surface area (Å²) in [7, 11) is 0. The highest BCUT2D eigenvalue weighted by Gasteiger charge is 2.14. The maximum absolute atomic E-state index is 10.0. The van der Waals surface area contributed by atoms with Gasteiger partial charge in [-0.15, -0.1) is 0 Å². The highest BCUT2D eigenvalue weighted by Crippen LogP contribution is 2.26. The molecule has 16 heavy (non-hydrogen) atoms. The first-order valence-electron chi connectivity index (χ1n) is 5.17. The third-order valence-corrected chi connectivity index (χ3v) is 4.03. The average molecular weight is 351 g/mol. The van der Waals surface area contributed by atoms with E-state index in [1.807, 2.05) is 18.2 Å². The summed E-state index contributed by atoms with van der Waals surface area (Å²) in [6.07, 6.45) is -0.483. The van der Waals surface area contributed by atoms with E-state index < -0.39 is 6.10 Å². The minimum Gasteiger partial charge on any atom is -0.387 e. The van der Waals surface area contributed by atoms with Crippen LogP contribution in [-0.2, 0) is 0 Å². The molecule has 2 nitrogen and oxygen atoms in total. The third-order valence-electron chi connectivity index (χ3n) is 2.15. The van der Waals surface area contributed by atoms with Crippen LogP contribution >= 0.6 is 31.9 Å². The zero-order chi connectivity index (χ0) is 12.3. The first-order chi connectivity index (χ1) is 7.29. The number of nitrogens with one attached hydrogen (secondary N) is 1. The van der Waals surface area contributed by atoms with Gasteiger partial charge in [-0.2, -0.15) is 0 Å². The van der Waals surface area contributed by atoms with Gasteiger partial charge >= 0.3 is 0 Å². The molecule has 0 aliphatic rings. The van der Waals surface area contributed by atoms with E-state index in [9.17, 15) is 5.11 Å². The largest absolute Gasteiger partial charge is 0.387 e. The van der Waals surface area contributed by atoms with Gasteiger partial charge in [0.1, 0.15) is 0 Å². The van der Waals surface area contributed by atoms with Crippen LogP contribution in [0.15, 0.2) is 27.1 Å². The van der Waals surface area contributed by atoms with Gasteiger partial charge in [0, 0.05) is 21.0 Å². The number of aliphatic hydroxyl groups is 1. The van der Waals surface area contributed by atoms with Gasteiger partial charge in [-0.05, 0) is 70.3 Å². The van der Waals surface area contributed by atoms with Crippen LogP contribution in [0.4, 0.5) is 0 Å². The first kappa shape index (κ1) is 14.2. The van der Waals surface area contributed by atoms with E-state index in [2.05, 4.69) is 57.9 Å². The number of β-amino-alcohol motifs (C(OH)–C–C–N with tert-alkyl or cyclic N) is 1. The molecule has 1 aromatic carbocycles. The van der Waals surface area contributed by atoms with Crippen molar-refractivity contribution in [2.45, 2.75) is 32.4 Å². The summed E-state index contributed by atoms with van der Waals surface area (Å²) in [4.78, 5) is 0. The lowest BCUT2D eigenvalue weighted by Crippen LogP contribution is -2.38. The minimum absolute atomic E-state index is 0.0214. The number of hydrogen-bond acceptors (Lipinski definition) is 2. The number of hydrogen-bond donors (Lipinski definition) is 2. The zero-order valence-electron chi connectivity index (χ0n) is 9.72. The summed E-state index contributed by atoms with van der Waals surface area (Å²) < 4.78 is 1.95. The van der Waals surface area contributed by atoms with Gasteiger partial charge in [0.25, 0.3) is 0 Å². The van der Waals surface area contributed by atoms with E-state index in [0.29, 0.717) is 6.54 Å². The Labute approximate surface area is 114 Å². The summed E-state index contributed by atoms with van der Waals surface area (Å²) in [5.41, 5.74) is 0.931. The summed E-state index contributed by atoms with van der Waals surface area (Å²) in [5, 5.41) is 13.3. The molecule has 2 N–H and O–H groups in total. The molecule has 1 aromatic rings. The van der Waals surface area contributed by atoms with Crippen LogP contribution in [0, 0.1) is 0 Å². The normalized spacial score (nSPS) is 13.9. The lowest BCUT2D eigenvalue weighted by atomic mass is 10.1. The Bertz CT molecular complexity index is 361. The predicted molar refractivity (Wildman–Crippen MR) is 74.6 cm³/mol. The van der Waals surface area contributed by atoms with Crippen LogP contribution in [0.3, 0.4) is 0 Å². The quantitative estimate of drug-likeness (QED) is 0.872. The van der Waals surface area contributed by atoms with Crippen molar-refractivity contribution < 1.29 is 5.11 Å². The van der Waals surface area contributed by atoms with E-state index in [-0.39, 0.29) is 5.54 Å². The van der Waals surface area contributed by atoms with Crippen molar-refractivity contribution in [3.8, 4) is 0 Å². The van der Waals surface area contributed by atoms with Crippen LogP contribution in [0.5, 0.6) is 0 Å². The van der Waals surface area contributed by atoms with Crippen LogP contribution < -0.4 is 5.32 Å². The Morgan fingerprint density at radius 3 is 2.38 bits per heavy atom. The van der Waals surface area contributed by atoms with Gasteiger partial charge in [-0.25, -0.2) is 0 Å². The maximum Gasteiger partial charge on any atom is 0.0914 e. The van der Waals surface area contributed by atoms with Crippen molar-refractivity contribution in [3.05, 3.63) is 32.7 Å². The second-order valence-corrected chi connectivity index (χ2v) is 6.53. The van der Waals surface area contributed by atoms with E-state index in [1.54, 1.807) is 0 Å². The van der Waals surface area contributed by atoms with Gasteiger partial charge in [0.15, 0.2) is 0 Å². The summed E-state index contributed by atoms with van der Waals surface area (Å²) in [6, 6.07) is 5.78. The zero-order valence-corrected chi connectivity index (χ0v) is 12.9. The SMILES string of the molecule is CC(C)(C)NCC(O)c1ccc(Br)c(Br)c1. The molecule has 0 bridgehead atoms. The highest BCUT2D eigenvalue weighted by molar-refractivity contribution is 9.13. The molecular weight excluding hydrogens is 334 g/mol. The molecule has 0 saturated heterocycles. The fourth-order valence-electron chi connectivity index (χ4n) is 1.24. The fraction of sp³-hybridized carbons (Fsp3) is 0.500. The summed E-state index contributed by atoms with van der Waals surface area (Å²) >= 11 is 6.83. The molecule has 0 amide bonds. The maximum atomic E-state index is 10.0. The van der Waals surface area contributed by atoms with Crippen molar-refractivity contribution >= 4 is 31.9 Å². The molecule has 4 heteroatoms. The second-order valence-electron chi connectivity index (χ2n) is 4.82. The van der Waals surface area contributed by atoms with Gasteiger partial charge < -0.3 is 10.4 Å². The fourth-order valence-corrected chi connectivity index (χ4v) is 1.88. The van der Waals surface area contributed by atoms with Crippen LogP contribution in [0.1, 0.15) is 32.4 Å². The molecular formula is C12H17Br2NO.